The molecule has 0 radical (unpaired) electrons. The summed E-state index contributed by atoms with van der Waals surface area (Å²) in [6.07, 6.45) is 4.46. The van der Waals surface area contributed by atoms with Crippen LogP contribution in [0.3, 0.4) is 0 Å². The molecule has 0 saturated carbocycles. The van der Waals surface area contributed by atoms with Crippen LogP contribution in [0.2, 0.25) is 0 Å². The van der Waals surface area contributed by atoms with Gasteiger partial charge in [0.15, 0.2) is 34.3 Å². The molecule has 22 nitrogen and oxygen atoms in total. The highest BCUT2D eigenvalue weighted by Crippen LogP contribution is 2.41. The normalized spacial score (nSPS) is 13.3. The Morgan fingerprint density at radius 2 is 0.593 bits per heavy atom. The number of fused-ring (bicyclic) bond motifs is 6. The summed E-state index contributed by atoms with van der Waals surface area (Å²) in [5, 5.41) is 26.6. The van der Waals surface area contributed by atoms with Crippen LogP contribution in [-0.4, -0.2) is 42.0 Å². The van der Waals surface area contributed by atoms with E-state index in [1.54, 1.807) is 10.9 Å². The predicted molar refractivity (Wildman–Crippen MR) is 523 cm³/mol. The van der Waals surface area contributed by atoms with E-state index >= 15 is 0 Å². The van der Waals surface area contributed by atoms with Crippen LogP contribution in [0.25, 0.3) is 33.4 Å². The lowest BCUT2D eigenvalue weighted by Gasteiger charge is -2.26. The predicted octanol–water partition coefficient (Wildman–Crippen LogP) is 19.8. The maximum atomic E-state index is 14.1. The van der Waals surface area contributed by atoms with Gasteiger partial charge in [-0.15, -0.1) is 0 Å². The molecule has 0 spiro atoms. The number of aromatic nitrogens is 3. The van der Waals surface area contributed by atoms with Gasteiger partial charge in [0.1, 0.15) is 50.3 Å². The molecular formula is C113H95N9O13. The lowest BCUT2D eigenvalue weighted by atomic mass is 9.95. The average molecular weight is 1790 g/mol. The van der Waals surface area contributed by atoms with Crippen LogP contribution in [0, 0.1) is 0 Å². The summed E-state index contributed by atoms with van der Waals surface area (Å²) in [5.41, 5.74) is 33.9. The van der Waals surface area contributed by atoms with Crippen molar-refractivity contribution in [1.29, 1.82) is 0 Å². The molecule has 0 fully saturated rings. The third kappa shape index (κ3) is 21.5. The van der Waals surface area contributed by atoms with Crippen molar-refractivity contribution in [2.24, 2.45) is 5.73 Å². The number of aromatic hydroxyl groups is 1. The number of rotatable bonds is 23. The number of hydrogen-bond donors (Lipinski definition) is 8. The fourth-order valence-electron chi connectivity index (χ4n) is 16.3. The molecule has 135 heavy (non-hydrogen) atoms. The SMILES string of the molecule is NCc1ccc(-c2ccccc2)cc1.O=C(NCc1ccc(-c2ccccc2)cc1)c1c(O)c(=O)ccn1NC1c2ccccc2COc2ccccc21.O=C(NCc1ccc(-c2ccccc2)cc1)c1c(OCc2ccccc2)c(=O)ccn1NC1c2ccccc2COc2ccccc21.O=C(O)c1c(OCc2ccccc2)c(=O)ccn1NC1c2ccccc2COc2ccccc21. The second-order valence-corrected chi connectivity index (χ2v) is 32.1. The van der Waals surface area contributed by atoms with Crippen molar-refractivity contribution in [1.82, 2.24) is 24.7 Å². The number of carboxylic acid groups (broad SMARTS) is 1. The molecule has 3 aliphatic rings. The van der Waals surface area contributed by atoms with Crippen molar-refractivity contribution in [3.05, 3.63) is 532 Å². The maximum absolute atomic E-state index is 14.1. The van der Waals surface area contributed by atoms with Crippen molar-refractivity contribution in [3.8, 4) is 67.9 Å². The molecule has 0 saturated heterocycles. The molecule has 0 bridgehead atoms. The van der Waals surface area contributed by atoms with Crippen LogP contribution >= 0.6 is 0 Å². The van der Waals surface area contributed by atoms with E-state index in [9.17, 15) is 39.0 Å². The van der Waals surface area contributed by atoms with Crippen molar-refractivity contribution in [2.75, 3.05) is 16.3 Å². The first-order chi connectivity index (χ1) is 66.2. The first kappa shape index (κ1) is 89.5. The van der Waals surface area contributed by atoms with Crippen LogP contribution in [0.5, 0.6) is 34.5 Å². The summed E-state index contributed by atoms with van der Waals surface area (Å²) >= 11 is 0. The third-order valence-electron chi connectivity index (χ3n) is 23.3. The van der Waals surface area contributed by atoms with Crippen LogP contribution < -0.4 is 72.6 Å². The topological polar surface area (TPSA) is 290 Å². The fourth-order valence-corrected chi connectivity index (χ4v) is 16.3. The molecular weight excluding hydrogens is 1690 g/mol. The lowest BCUT2D eigenvalue weighted by Crippen LogP contribution is -2.34. The second kappa shape index (κ2) is 42.8. The molecule has 3 atom stereocenters. The molecule has 9 N–H and O–H groups in total. The minimum Gasteiger partial charge on any atom is -0.502 e. The molecule has 6 heterocycles. The highest BCUT2D eigenvalue weighted by atomic mass is 16.5. The van der Waals surface area contributed by atoms with Gasteiger partial charge in [0.2, 0.25) is 16.3 Å². The van der Waals surface area contributed by atoms with E-state index in [-0.39, 0.29) is 66.4 Å². The standard InChI is InChI=1S/C40H33N3O4.C33H27N3O4.C27H22N2O5.C13H13N/c44-35-23-24-43(42-37-33-16-8-7-15-32(33)27-46-36-18-10-9-17-34(36)37)38(39(35)47-26-29-11-3-1-4-12-29)40(45)41-25-28-19-21-31(22-20-28)30-13-5-2-6-14-30;37-28-18-19-36(35-30-26-11-5-4-10-25(26)21-40-29-13-7-6-12-27(29)30)31(32(28)38)33(39)34-20-22-14-16-24(17-15-22)23-8-2-1-3-9-23;30-22-14-15-29(25(27(31)32)26(22)34-16-18-8-2-1-3-9-18)28-24-20-11-5-4-10-19(20)17-33-23-13-7-6-12-21(23)24;14-10-11-6-8-13(9-7-11)12-4-2-1-3-5-12/h1-24,37,42H,25-27H2,(H,41,45);1-19,30,35,38H,20-21H2,(H,34,39);1-15,24,28H,16-17H2,(H,31,32);1-9H,10,14H2. The van der Waals surface area contributed by atoms with Gasteiger partial charge in [0.25, 0.3) is 11.8 Å². The summed E-state index contributed by atoms with van der Waals surface area (Å²) in [7, 11) is 0. The quantitative estimate of drug-likeness (QED) is 0.0295. The van der Waals surface area contributed by atoms with Gasteiger partial charge in [-0.05, 0) is 113 Å². The summed E-state index contributed by atoms with van der Waals surface area (Å²) < 4.78 is 34.4. The summed E-state index contributed by atoms with van der Waals surface area (Å²) in [4.78, 5) is 78.2. The number of amides is 2. The molecule has 17 aromatic rings. The molecule has 670 valence electrons. The number of nitrogens with one attached hydrogen (secondary N) is 5. The van der Waals surface area contributed by atoms with Crippen molar-refractivity contribution < 1.29 is 48.3 Å². The molecule has 3 aliphatic heterocycles. The molecule has 20 rings (SSSR count). The van der Waals surface area contributed by atoms with E-state index in [4.69, 9.17) is 29.4 Å². The number of aromatic carboxylic acids is 1. The second-order valence-electron chi connectivity index (χ2n) is 32.1. The number of carbonyl (C=O) groups is 3. The van der Waals surface area contributed by atoms with Crippen LogP contribution in [0.4, 0.5) is 0 Å². The Hall–Kier alpha value is -17.5. The maximum Gasteiger partial charge on any atom is 0.358 e. The van der Waals surface area contributed by atoms with Gasteiger partial charge in [-0.25, -0.2) is 4.79 Å². The van der Waals surface area contributed by atoms with Gasteiger partial charge in [0.05, 0.1) is 18.1 Å². The highest BCUT2D eigenvalue weighted by molar-refractivity contribution is 5.96. The van der Waals surface area contributed by atoms with Crippen LogP contribution in [0.15, 0.2) is 421 Å². The fraction of sp³-hybridized carbons (Fsp3) is 0.0973. The Kier molecular flexibility index (Phi) is 28.4. The zero-order valence-corrected chi connectivity index (χ0v) is 73.4. The number of nitrogens with two attached hydrogens (primary N) is 1. The Labute approximate surface area is 779 Å². The van der Waals surface area contributed by atoms with Crippen LogP contribution in [-0.2, 0) is 52.7 Å². The average Bonchev–Trinajstić information content (AvgIpc) is 1.69. The summed E-state index contributed by atoms with van der Waals surface area (Å²) in [6.45, 7) is 2.50. The van der Waals surface area contributed by atoms with Gasteiger partial charge in [-0.3, -0.25) is 38.0 Å². The number of ether oxygens (including phenoxy) is 5. The number of hydrogen-bond acceptors (Lipinski definition) is 16. The lowest BCUT2D eigenvalue weighted by molar-refractivity contribution is 0.0678. The van der Waals surface area contributed by atoms with E-state index in [2.05, 4.69) is 75.4 Å². The van der Waals surface area contributed by atoms with Crippen molar-refractivity contribution in [3.63, 3.8) is 0 Å². The number of para-hydroxylation sites is 3. The number of carbonyl (C=O) groups excluding carboxylic acids is 2. The largest absolute Gasteiger partial charge is 0.502 e. The van der Waals surface area contributed by atoms with Gasteiger partial charge >= 0.3 is 5.97 Å². The molecule has 22 heteroatoms. The number of carboxylic acids is 1. The summed E-state index contributed by atoms with van der Waals surface area (Å²) in [6, 6.07) is 123. The van der Waals surface area contributed by atoms with E-state index < -0.39 is 46.5 Å². The minimum absolute atomic E-state index is 0.0350. The van der Waals surface area contributed by atoms with Gasteiger partial charge < -0.3 is 66.5 Å². The highest BCUT2D eigenvalue weighted by Gasteiger charge is 2.32. The molecule has 3 unspecified atom stereocenters. The zero-order chi connectivity index (χ0) is 92.8. The molecule has 3 aromatic heterocycles. The van der Waals surface area contributed by atoms with Gasteiger partial charge in [-0.2, -0.15) is 0 Å². The molecule has 14 aromatic carbocycles. The molecule has 0 aliphatic carbocycles. The Bertz CT molecular complexity index is 7050. The third-order valence-corrected chi connectivity index (χ3v) is 23.3. The van der Waals surface area contributed by atoms with E-state index in [1.807, 2.05) is 322 Å². The Balaban J connectivity index is 0.000000132. The zero-order valence-electron chi connectivity index (χ0n) is 73.4. The number of pyridine rings is 3. The van der Waals surface area contributed by atoms with Crippen LogP contribution in [0.1, 0.15) is 127 Å². The van der Waals surface area contributed by atoms with Crippen molar-refractivity contribution >= 4 is 17.8 Å². The molecule has 2 amide bonds. The summed E-state index contributed by atoms with van der Waals surface area (Å²) in [5.74, 6) is -1.03. The first-order valence-electron chi connectivity index (χ1n) is 44.1. The number of nitrogens with zero attached hydrogens (tertiary/aromatic N) is 3. The van der Waals surface area contributed by atoms with E-state index in [0.29, 0.717) is 37.9 Å². The van der Waals surface area contributed by atoms with Crippen molar-refractivity contribution in [2.45, 2.75) is 70.8 Å². The smallest absolute Gasteiger partial charge is 0.358 e. The first-order valence-corrected chi connectivity index (χ1v) is 44.1. The Morgan fingerprint density at radius 1 is 0.311 bits per heavy atom. The van der Waals surface area contributed by atoms with Gasteiger partial charge in [-0.1, -0.05) is 352 Å². The Morgan fingerprint density at radius 3 is 0.948 bits per heavy atom. The van der Waals surface area contributed by atoms with Gasteiger partial charge in [0, 0.05) is 73.1 Å². The van der Waals surface area contributed by atoms with E-state index in [1.165, 1.54) is 56.6 Å². The number of benzene rings is 14. The van der Waals surface area contributed by atoms with E-state index in [0.717, 1.165) is 100 Å². The minimum atomic E-state index is -1.28. The monoisotopic (exact) mass is 1790 g/mol.